The maximum atomic E-state index is 11.4. The first-order valence-corrected chi connectivity index (χ1v) is 15.2. The summed E-state index contributed by atoms with van der Waals surface area (Å²) in [5.41, 5.74) is 1.95. The average molecular weight is 722 g/mol. The van der Waals surface area contributed by atoms with Crippen LogP contribution in [0.1, 0.15) is 41.5 Å². The third-order valence-corrected chi connectivity index (χ3v) is 5.71. The Balaban J connectivity index is -0.000000679. The van der Waals surface area contributed by atoms with Crippen molar-refractivity contribution in [1.82, 2.24) is 4.90 Å². The summed E-state index contributed by atoms with van der Waals surface area (Å²) in [6, 6.07) is 0. The number of carbonyl (C=O) groups is 6. The molecule has 0 radical (unpaired) electrons. The van der Waals surface area contributed by atoms with E-state index >= 15 is 0 Å². The fraction of sp³-hybridized carbons (Fsp3) is 0.459. The lowest BCUT2D eigenvalue weighted by Crippen LogP contribution is -2.24. The highest BCUT2D eigenvalue weighted by atomic mass is 16.6. The molecule has 0 aliphatic rings. The summed E-state index contributed by atoms with van der Waals surface area (Å²) in [5, 5.41) is 9.51. The van der Waals surface area contributed by atoms with Crippen molar-refractivity contribution in [3.63, 3.8) is 0 Å². The molecule has 0 atom stereocenters. The molecule has 0 spiro atoms. The van der Waals surface area contributed by atoms with Crippen LogP contribution in [0.4, 0.5) is 0 Å². The Morgan fingerprint density at radius 2 is 0.961 bits per heavy atom. The molecule has 0 amide bonds. The van der Waals surface area contributed by atoms with Gasteiger partial charge in [0.2, 0.25) is 0 Å². The summed E-state index contributed by atoms with van der Waals surface area (Å²) >= 11 is 0. The normalized spacial score (nSPS) is 11.7. The van der Waals surface area contributed by atoms with Crippen LogP contribution in [0.15, 0.2) is 83.2 Å². The van der Waals surface area contributed by atoms with Gasteiger partial charge in [0.05, 0.1) is 48.3 Å². The summed E-state index contributed by atoms with van der Waals surface area (Å²) < 4.78 is 27.1. The lowest BCUT2D eigenvalue weighted by atomic mass is 10.0. The number of hydrogen-bond acceptors (Lipinski definition) is 14. The maximum absolute atomic E-state index is 11.4. The molecule has 0 rings (SSSR count). The van der Waals surface area contributed by atoms with Gasteiger partial charge in [0.1, 0.15) is 5.57 Å². The minimum atomic E-state index is -1.09. The minimum Gasteiger partial charge on any atom is -0.468 e. The number of carbonyl (C=O) groups excluding carboxylic acids is 6. The van der Waals surface area contributed by atoms with E-state index in [-0.39, 0.29) is 5.57 Å². The first-order chi connectivity index (χ1) is 23.5. The van der Waals surface area contributed by atoms with Crippen molar-refractivity contribution in [2.24, 2.45) is 11.8 Å². The van der Waals surface area contributed by atoms with Crippen LogP contribution in [0, 0.1) is 11.8 Å². The predicted molar refractivity (Wildman–Crippen MR) is 192 cm³/mol. The highest BCUT2D eigenvalue weighted by molar-refractivity contribution is 6.14. The Morgan fingerprint density at radius 1 is 0.608 bits per heavy atom. The molecule has 0 aromatic carbocycles. The van der Waals surface area contributed by atoms with E-state index in [1.165, 1.54) is 60.9 Å². The second-order valence-electron chi connectivity index (χ2n) is 11.4. The molecule has 0 saturated heterocycles. The Hall–Kier alpha value is -5.24. The zero-order valence-corrected chi connectivity index (χ0v) is 32.3. The zero-order valence-electron chi connectivity index (χ0n) is 32.3. The van der Waals surface area contributed by atoms with Gasteiger partial charge in [-0.05, 0) is 53.2 Å². The number of ether oxygens (including phenoxy) is 6. The standard InChI is InChI=1S/C13H20O5.C13H18O4.C11H17NO4/c1-9(6-7-13(2,3)16)8-10(11(14)17-4)12(15)18-5;1-9(2)6-7-10(3)8-11(12(14)16-4)13(15)17-5;1-8(7-12(2)3)6-9(10(13)15-4)11(14)16-5/h6-8,10,16H,1-5H3;6-8,11H,1H2,2-5H3;6-7H,1-5H3/b7-6+,9-8+;7-6+,10-8+;8-7+. The van der Waals surface area contributed by atoms with Gasteiger partial charge in [0.15, 0.2) is 11.8 Å². The summed E-state index contributed by atoms with van der Waals surface area (Å²) in [4.78, 5) is 70.0. The molecular weight excluding hydrogens is 666 g/mol. The maximum Gasteiger partial charge on any atom is 0.345 e. The van der Waals surface area contributed by atoms with Crippen molar-refractivity contribution in [2.75, 3.05) is 56.8 Å². The van der Waals surface area contributed by atoms with Gasteiger partial charge in [-0.25, -0.2) is 9.59 Å². The van der Waals surface area contributed by atoms with Crippen LogP contribution in [0.3, 0.4) is 0 Å². The number of esters is 6. The van der Waals surface area contributed by atoms with Gasteiger partial charge in [-0.2, -0.15) is 0 Å². The van der Waals surface area contributed by atoms with E-state index in [0.29, 0.717) is 5.57 Å². The Kier molecular flexibility index (Phi) is 26.2. The zero-order chi connectivity index (χ0) is 40.5. The second-order valence-corrected chi connectivity index (χ2v) is 11.4. The van der Waals surface area contributed by atoms with Crippen LogP contribution < -0.4 is 0 Å². The third-order valence-electron chi connectivity index (χ3n) is 5.71. The summed E-state index contributed by atoms with van der Waals surface area (Å²) in [6.45, 7) is 14.1. The number of rotatable bonds is 14. The van der Waals surface area contributed by atoms with Crippen LogP contribution in [0.25, 0.3) is 0 Å². The smallest absolute Gasteiger partial charge is 0.345 e. The SMILES string of the molecule is C=C(C)/C=C/C(C)=C/C(C(=O)OC)C(=O)OC.COC(=O)C(/C=C(C)/C=C/C(C)(C)O)C(=O)OC.COC(=O)C(=C/C(C)=C/N(C)C)C(=O)OC. The molecule has 0 bridgehead atoms. The quantitative estimate of drug-likeness (QED) is 0.0679. The van der Waals surface area contributed by atoms with Gasteiger partial charge >= 0.3 is 35.8 Å². The van der Waals surface area contributed by atoms with Crippen LogP contribution in [0.5, 0.6) is 0 Å². The minimum absolute atomic E-state index is 0.124. The molecule has 51 heavy (non-hydrogen) atoms. The molecular formula is C37H55NO13. The lowest BCUT2D eigenvalue weighted by Gasteiger charge is -2.11. The number of nitrogens with zero attached hydrogens (tertiary/aromatic N) is 1. The highest BCUT2D eigenvalue weighted by Gasteiger charge is 2.27. The molecule has 0 aromatic heterocycles. The van der Waals surface area contributed by atoms with Gasteiger partial charge in [0.25, 0.3) is 0 Å². The molecule has 0 fully saturated rings. The fourth-order valence-electron chi connectivity index (χ4n) is 3.31. The van der Waals surface area contributed by atoms with E-state index in [0.717, 1.165) is 16.7 Å². The third kappa shape index (κ3) is 24.5. The number of methoxy groups -OCH3 is 6. The van der Waals surface area contributed by atoms with E-state index in [2.05, 4.69) is 35.0 Å². The fourth-order valence-corrected chi connectivity index (χ4v) is 3.31. The van der Waals surface area contributed by atoms with Crippen molar-refractivity contribution in [3.05, 3.63) is 83.2 Å². The number of hydrogen-bond donors (Lipinski definition) is 1. The summed E-state index contributed by atoms with van der Waals surface area (Å²) in [5.74, 6) is -6.18. The van der Waals surface area contributed by atoms with E-state index in [4.69, 9.17) is 0 Å². The molecule has 14 heteroatoms. The van der Waals surface area contributed by atoms with E-state index in [1.807, 2.05) is 21.0 Å². The largest absolute Gasteiger partial charge is 0.468 e. The number of allylic oxidation sites excluding steroid dienone is 8. The Bertz CT molecular complexity index is 1340. The predicted octanol–water partition coefficient (Wildman–Crippen LogP) is 3.97. The molecule has 286 valence electrons. The molecule has 0 aliphatic heterocycles. The topological polar surface area (TPSA) is 181 Å². The van der Waals surface area contributed by atoms with Gasteiger partial charge in [-0.15, -0.1) is 0 Å². The Morgan fingerprint density at radius 3 is 1.24 bits per heavy atom. The summed E-state index contributed by atoms with van der Waals surface area (Å²) in [7, 11) is 11.0. The van der Waals surface area contributed by atoms with E-state index in [1.54, 1.807) is 70.0 Å². The van der Waals surface area contributed by atoms with Crippen LogP contribution in [-0.4, -0.2) is 108 Å². The highest BCUT2D eigenvalue weighted by Crippen LogP contribution is 2.12. The van der Waals surface area contributed by atoms with Crippen molar-refractivity contribution in [2.45, 2.75) is 47.1 Å². The second kappa shape index (κ2) is 26.6. The van der Waals surface area contributed by atoms with Crippen molar-refractivity contribution >= 4 is 35.8 Å². The molecule has 0 saturated carbocycles. The molecule has 14 nitrogen and oxygen atoms in total. The molecule has 0 aromatic rings. The summed E-state index contributed by atoms with van der Waals surface area (Å²) in [6.07, 6.45) is 12.9. The molecule has 0 unspecified atom stereocenters. The molecule has 0 heterocycles. The van der Waals surface area contributed by atoms with Gasteiger partial charge in [-0.3, -0.25) is 19.2 Å². The molecule has 1 N–H and O–H groups in total. The van der Waals surface area contributed by atoms with Gasteiger partial charge < -0.3 is 38.4 Å². The monoisotopic (exact) mass is 721 g/mol. The molecule has 0 aliphatic carbocycles. The average Bonchev–Trinajstić information content (AvgIpc) is 3.07. The van der Waals surface area contributed by atoms with Gasteiger partial charge in [-0.1, -0.05) is 59.8 Å². The van der Waals surface area contributed by atoms with Crippen molar-refractivity contribution < 1.29 is 62.3 Å². The van der Waals surface area contributed by atoms with E-state index < -0.39 is 53.3 Å². The number of aliphatic hydroxyl groups is 1. The van der Waals surface area contributed by atoms with Gasteiger partial charge in [0, 0.05) is 20.3 Å². The Labute approximate surface area is 301 Å². The van der Waals surface area contributed by atoms with E-state index in [9.17, 15) is 33.9 Å². The van der Waals surface area contributed by atoms with Crippen molar-refractivity contribution in [3.8, 4) is 0 Å². The van der Waals surface area contributed by atoms with Crippen molar-refractivity contribution in [1.29, 1.82) is 0 Å². The first-order valence-electron chi connectivity index (χ1n) is 15.2. The van der Waals surface area contributed by atoms with Crippen LogP contribution in [0.2, 0.25) is 0 Å². The first kappa shape index (κ1) is 50.1. The van der Waals surface area contributed by atoms with Crippen LogP contribution >= 0.6 is 0 Å². The van der Waals surface area contributed by atoms with Crippen LogP contribution in [-0.2, 0) is 57.2 Å². The lowest BCUT2D eigenvalue weighted by molar-refractivity contribution is -0.157.